The summed E-state index contributed by atoms with van der Waals surface area (Å²) >= 11 is 0. The summed E-state index contributed by atoms with van der Waals surface area (Å²) in [5, 5.41) is 5.83. The van der Waals surface area contributed by atoms with Gasteiger partial charge in [0.2, 0.25) is 5.91 Å². The molecule has 0 spiro atoms. The molecule has 21 heavy (non-hydrogen) atoms. The standard InChI is InChI=1S/C15H23N3O3/c1-18(2)14(19)11-17-13-7-5-12(6-8-13)15(20)16-9-4-10-21-3/h5-8,17H,4,9-11H2,1-3H3,(H,16,20). The third kappa shape index (κ3) is 6.27. The summed E-state index contributed by atoms with van der Waals surface area (Å²) in [6, 6.07) is 7.03. The number of carbonyl (C=O) groups is 2. The number of carbonyl (C=O) groups excluding carboxylic acids is 2. The van der Waals surface area contributed by atoms with E-state index in [1.807, 2.05) is 0 Å². The number of likely N-dealkylation sites (N-methyl/N-ethyl adjacent to an activating group) is 1. The van der Waals surface area contributed by atoms with Crippen molar-refractivity contribution in [3.8, 4) is 0 Å². The first kappa shape index (κ1) is 17.0. The Balaban J connectivity index is 2.42. The third-order valence-corrected chi connectivity index (χ3v) is 2.90. The summed E-state index contributed by atoms with van der Waals surface area (Å²) in [5.41, 5.74) is 1.40. The Morgan fingerprint density at radius 3 is 2.43 bits per heavy atom. The number of methoxy groups -OCH3 is 1. The van der Waals surface area contributed by atoms with Gasteiger partial charge in [-0.3, -0.25) is 9.59 Å². The van der Waals surface area contributed by atoms with E-state index in [4.69, 9.17) is 4.74 Å². The monoisotopic (exact) mass is 293 g/mol. The molecule has 0 heterocycles. The number of nitrogens with one attached hydrogen (secondary N) is 2. The van der Waals surface area contributed by atoms with Gasteiger partial charge in [0.15, 0.2) is 0 Å². The average Bonchev–Trinajstić information content (AvgIpc) is 2.49. The fourth-order valence-corrected chi connectivity index (χ4v) is 1.60. The van der Waals surface area contributed by atoms with Gasteiger partial charge in [-0.25, -0.2) is 0 Å². The second kappa shape index (κ2) is 8.97. The molecule has 6 nitrogen and oxygen atoms in total. The maximum atomic E-state index is 11.8. The first-order chi connectivity index (χ1) is 10.0. The zero-order valence-corrected chi connectivity index (χ0v) is 12.8. The van der Waals surface area contributed by atoms with Crippen LogP contribution in [0.2, 0.25) is 0 Å². The van der Waals surface area contributed by atoms with Crippen LogP contribution in [0, 0.1) is 0 Å². The molecule has 1 rings (SSSR count). The van der Waals surface area contributed by atoms with Crippen molar-refractivity contribution in [3.63, 3.8) is 0 Å². The highest BCUT2D eigenvalue weighted by Gasteiger charge is 2.06. The predicted octanol–water partition coefficient (Wildman–Crippen LogP) is 0.953. The summed E-state index contributed by atoms with van der Waals surface area (Å²) in [6.07, 6.45) is 0.786. The van der Waals surface area contributed by atoms with Crippen molar-refractivity contribution in [2.45, 2.75) is 6.42 Å². The molecule has 0 aliphatic carbocycles. The van der Waals surface area contributed by atoms with E-state index in [1.165, 1.54) is 4.90 Å². The van der Waals surface area contributed by atoms with Crippen molar-refractivity contribution in [3.05, 3.63) is 29.8 Å². The lowest BCUT2D eigenvalue weighted by atomic mass is 10.2. The van der Waals surface area contributed by atoms with Gasteiger partial charge >= 0.3 is 0 Å². The molecule has 0 aliphatic heterocycles. The van der Waals surface area contributed by atoms with Gasteiger partial charge in [-0.05, 0) is 30.7 Å². The maximum absolute atomic E-state index is 11.8. The number of amides is 2. The molecule has 0 atom stereocenters. The Bertz CT molecular complexity index is 458. The molecule has 116 valence electrons. The molecule has 0 aliphatic rings. The quantitative estimate of drug-likeness (QED) is 0.700. The summed E-state index contributed by atoms with van der Waals surface area (Å²) in [7, 11) is 5.05. The number of rotatable bonds is 8. The van der Waals surface area contributed by atoms with Gasteiger partial charge in [0.05, 0.1) is 6.54 Å². The lowest BCUT2D eigenvalue weighted by Gasteiger charge is -2.12. The Labute approximate surface area is 125 Å². The first-order valence-corrected chi connectivity index (χ1v) is 6.86. The molecule has 6 heteroatoms. The molecule has 2 N–H and O–H groups in total. The van der Waals surface area contributed by atoms with Crippen LogP contribution in [0.3, 0.4) is 0 Å². The van der Waals surface area contributed by atoms with Crippen LogP contribution in [-0.2, 0) is 9.53 Å². The van der Waals surface area contributed by atoms with E-state index in [9.17, 15) is 9.59 Å². The second-order valence-electron chi connectivity index (χ2n) is 4.82. The molecular weight excluding hydrogens is 270 g/mol. The van der Waals surface area contributed by atoms with Crippen LogP contribution < -0.4 is 10.6 Å². The van der Waals surface area contributed by atoms with Crippen molar-refractivity contribution < 1.29 is 14.3 Å². The normalized spacial score (nSPS) is 10.0. The van der Waals surface area contributed by atoms with Crippen molar-refractivity contribution in [1.82, 2.24) is 10.2 Å². The van der Waals surface area contributed by atoms with Crippen molar-refractivity contribution in [1.29, 1.82) is 0 Å². The minimum atomic E-state index is -0.109. The molecular formula is C15H23N3O3. The summed E-state index contributed by atoms with van der Waals surface area (Å²) in [6.45, 7) is 1.45. The molecule has 0 aromatic heterocycles. The Hall–Kier alpha value is -2.08. The van der Waals surface area contributed by atoms with Crippen molar-refractivity contribution in [2.75, 3.05) is 46.2 Å². The van der Waals surface area contributed by atoms with Crippen LogP contribution >= 0.6 is 0 Å². The van der Waals surface area contributed by atoms with Crippen LogP contribution in [0.25, 0.3) is 0 Å². The Morgan fingerprint density at radius 2 is 1.86 bits per heavy atom. The topological polar surface area (TPSA) is 70.7 Å². The van der Waals surface area contributed by atoms with Crippen molar-refractivity contribution >= 4 is 17.5 Å². The molecule has 1 aromatic rings. The third-order valence-electron chi connectivity index (χ3n) is 2.90. The number of nitrogens with zero attached hydrogens (tertiary/aromatic N) is 1. The molecule has 1 aromatic carbocycles. The van der Waals surface area contributed by atoms with Gasteiger partial charge < -0.3 is 20.3 Å². The van der Waals surface area contributed by atoms with Gasteiger partial charge in [0, 0.05) is 45.6 Å². The second-order valence-corrected chi connectivity index (χ2v) is 4.82. The zero-order chi connectivity index (χ0) is 15.7. The van der Waals surface area contributed by atoms with Crippen LogP contribution in [0.4, 0.5) is 5.69 Å². The number of hydrogen-bond donors (Lipinski definition) is 2. The molecule has 0 fully saturated rings. The Morgan fingerprint density at radius 1 is 1.19 bits per heavy atom. The minimum absolute atomic E-state index is 0.00466. The smallest absolute Gasteiger partial charge is 0.251 e. The summed E-state index contributed by atoms with van der Waals surface area (Å²) in [4.78, 5) is 24.8. The van der Waals surface area contributed by atoms with Crippen LogP contribution in [-0.4, -0.2) is 57.6 Å². The van der Waals surface area contributed by atoms with Crippen LogP contribution in [0.5, 0.6) is 0 Å². The first-order valence-electron chi connectivity index (χ1n) is 6.86. The summed E-state index contributed by atoms with van der Waals surface area (Å²) < 4.78 is 4.92. The number of benzene rings is 1. The molecule has 0 unspecified atom stereocenters. The molecule has 0 bridgehead atoms. The maximum Gasteiger partial charge on any atom is 0.251 e. The summed E-state index contributed by atoms with van der Waals surface area (Å²) in [5.74, 6) is -0.114. The number of anilines is 1. The predicted molar refractivity (Wildman–Crippen MR) is 82.5 cm³/mol. The van der Waals surface area contributed by atoms with Crippen molar-refractivity contribution in [2.24, 2.45) is 0 Å². The SMILES string of the molecule is COCCCNC(=O)c1ccc(NCC(=O)N(C)C)cc1. The fraction of sp³-hybridized carbons (Fsp3) is 0.467. The molecule has 0 saturated carbocycles. The van der Waals surface area contributed by atoms with E-state index in [1.54, 1.807) is 45.5 Å². The van der Waals surface area contributed by atoms with E-state index >= 15 is 0 Å². The van der Waals surface area contributed by atoms with Gasteiger partial charge in [-0.15, -0.1) is 0 Å². The minimum Gasteiger partial charge on any atom is -0.385 e. The average molecular weight is 293 g/mol. The lowest BCUT2D eigenvalue weighted by molar-refractivity contribution is -0.126. The highest BCUT2D eigenvalue weighted by molar-refractivity contribution is 5.94. The number of ether oxygens (including phenoxy) is 1. The van der Waals surface area contributed by atoms with Crippen LogP contribution in [0.15, 0.2) is 24.3 Å². The highest BCUT2D eigenvalue weighted by Crippen LogP contribution is 2.09. The molecule has 0 saturated heterocycles. The van der Waals surface area contributed by atoms with E-state index in [-0.39, 0.29) is 18.4 Å². The zero-order valence-electron chi connectivity index (χ0n) is 12.8. The van der Waals surface area contributed by atoms with Gasteiger partial charge in [-0.2, -0.15) is 0 Å². The van der Waals surface area contributed by atoms with E-state index in [2.05, 4.69) is 10.6 Å². The van der Waals surface area contributed by atoms with Gasteiger partial charge in [0.1, 0.15) is 0 Å². The Kier molecular flexibility index (Phi) is 7.25. The van der Waals surface area contributed by atoms with E-state index in [0.29, 0.717) is 18.7 Å². The van der Waals surface area contributed by atoms with E-state index in [0.717, 1.165) is 12.1 Å². The number of hydrogen-bond acceptors (Lipinski definition) is 4. The van der Waals surface area contributed by atoms with Gasteiger partial charge in [-0.1, -0.05) is 0 Å². The molecule has 2 amide bonds. The van der Waals surface area contributed by atoms with Gasteiger partial charge in [0.25, 0.3) is 5.91 Å². The van der Waals surface area contributed by atoms with Crippen LogP contribution in [0.1, 0.15) is 16.8 Å². The molecule has 0 radical (unpaired) electrons. The highest BCUT2D eigenvalue weighted by atomic mass is 16.5. The fourth-order valence-electron chi connectivity index (χ4n) is 1.60. The largest absolute Gasteiger partial charge is 0.385 e. The van der Waals surface area contributed by atoms with E-state index < -0.39 is 0 Å². The lowest BCUT2D eigenvalue weighted by Crippen LogP contribution is -2.28.